The Morgan fingerprint density at radius 3 is 2.80 bits per heavy atom. The number of carbonyl (C=O) groups excluding carboxylic acids is 1. The smallest absolute Gasteiger partial charge is 0.409 e. The van der Waals surface area contributed by atoms with Gasteiger partial charge in [-0.2, -0.15) is 0 Å². The normalized spacial score (nSPS) is 35.9. The molecular weight excluding hydrogens is 262 g/mol. The van der Waals surface area contributed by atoms with Crippen LogP contribution in [0.15, 0.2) is 0 Å². The molecule has 6 nitrogen and oxygen atoms in total. The van der Waals surface area contributed by atoms with Crippen molar-refractivity contribution >= 4 is 6.09 Å². The van der Waals surface area contributed by atoms with Gasteiger partial charge in [-0.25, -0.2) is 4.79 Å². The van der Waals surface area contributed by atoms with E-state index >= 15 is 0 Å². The summed E-state index contributed by atoms with van der Waals surface area (Å²) < 4.78 is 16.4. The van der Waals surface area contributed by atoms with Crippen LogP contribution >= 0.6 is 0 Å². The van der Waals surface area contributed by atoms with E-state index < -0.39 is 5.79 Å². The summed E-state index contributed by atoms with van der Waals surface area (Å²) in [6.07, 6.45) is 3.00. The van der Waals surface area contributed by atoms with Crippen molar-refractivity contribution in [2.45, 2.75) is 31.5 Å². The average Bonchev–Trinajstić information content (AvgIpc) is 2.94. The number of methoxy groups -OCH3 is 1. The number of carbonyl (C=O) groups is 1. The molecule has 0 aromatic heterocycles. The number of piperidine rings is 1. The summed E-state index contributed by atoms with van der Waals surface area (Å²) in [5.41, 5.74) is -0.229. The topological polar surface area (TPSA) is 68.2 Å². The maximum absolute atomic E-state index is 11.7. The van der Waals surface area contributed by atoms with Crippen molar-refractivity contribution in [3.05, 3.63) is 0 Å². The van der Waals surface area contributed by atoms with Crippen LogP contribution in [0.1, 0.15) is 25.7 Å². The van der Waals surface area contributed by atoms with Gasteiger partial charge in [-0.3, -0.25) is 0 Å². The molecule has 3 rings (SSSR count). The summed E-state index contributed by atoms with van der Waals surface area (Å²) in [6.45, 7) is 2.66. The van der Waals surface area contributed by atoms with Crippen LogP contribution in [0.2, 0.25) is 0 Å². The van der Waals surface area contributed by atoms with Crippen molar-refractivity contribution in [3.8, 4) is 0 Å². The highest BCUT2D eigenvalue weighted by atomic mass is 16.7. The van der Waals surface area contributed by atoms with E-state index in [0.717, 1.165) is 25.7 Å². The third kappa shape index (κ3) is 2.19. The molecule has 0 unspecified atom stereocenters. The molecule has 1 amide bonds. The van der Waals surface area contributed by atoms with Crippen LogP contribution in [0.5, 0.6) is 0 Å². The number of hydrogen-bond donors (Lipinski definition) is 1. The Morgan fingerprint density at radius 2 is 2.15 bits per heavy atom. The molecule has 0 aromatic rings. The third-order valence-electron chi connectivity index (χ3n) is 5.24. The van der Waals surface area contributed by atoms with Crippen molar-refractivity contribution in [2.24, 2.45) is 11.3 Å². The van der Waals surface area contributed by atoms with E-state index in [-0.39, 0.29) is 18.1 Å². The van der Waals surface area contributed by atoms with Gasteiger partial charge in [0.25, 0.3) is 0 Å². The lowest BCUT2D eigenvalue weighted by Crippen LogP contribution is -2.57. The first kappa shape index (κ1) is 14.1. The van der Waals surface area contributed by atoms with E-state index in [4.69, 9.17) is 14.2 Å². The lowest BCUT2D eigenvalue weighted by atomic mass is 9.61. The molecule has 3 aliphatic rings. The molecule has 2 aliphatic heterocycles. The number of ether oxygens (including phenoxy) is 3. The summed E-state index contributed by atoms with van der Waals surface area (Å²) >= 11 is 0. The second-order valence-electron chi connectivity index (χ2n) is 6.21. The van der Waals surface area contributed by atoms with Crippen molar-refractivity contribution in [2.75, 3.05) is 40.0 Å². The minimum Gasteiger partial charge on any atom is -0.453 e. The van der Waals surface area contributed by atoms with Gasteiger partial charge in [0.2, 0.25) is 0 Å². The Kier molecular flexibility index (Phi) is 3.64. The molecule has 0 bridgehead atoms. The zero-order chi connectivity index (χ0) is 14.2. The van der Waals surface area contributed by atoms with E-state index in [2.05, 4.69) is 0 Å². The fourth-order valence-electron chi connectivity index (χ4n) is 4.03. The standard InChI is InChI=1S/C14H23NO5/c1-18-12(17)15-5-2-11-8-14(19-6-7-20-14)4-3-13(11,9-15)10-16/h11,16H,2-10H2,1H3/t11-,13-/m0/s1. The maximum Gasteiger partial charge on any atom is 0.409 e. The maximum atomic E-state index is 11.7. The molecule has 114 valence electrons. The number of amides is 1. The Balaban J connectivity index is 1.75. The highest BCUT2D eigenvalue weighted by Gasteiger charge is 2.54. The molecule has 20 heavy (non-hydrogen) atoms. The summed E-state index contributed by atoms with van der Waals surface area (Å²) in [5.74, 6) is -0.100. The van der Waals surface area contributed by atoms with Gasteiger partial charge in [0, 0.05) is 31.3 Å². The van der Waals surface area contributed by atoms with Crippen LogP contribution in [0.4, 0.5) is 4.79 Å². The van der Waals surface area contributed by atoms with Gasteiger partial charge >= 0.3 is 6.09 Å². The van der Waals surface area contributed by atoms with Crippen LogP contribution < -0.4 is 0 Å². The van der Waals surface area contributed by atoms with Crippen LogP contribution in [0.25, 0.3) is 0 Å². The second kappa shape index (κ2) is 5.16. The quantitative estimate of drug-likeness (QED) is 0.778. The van der Waals surface area contributed by atoms with Crippen molar-refractivity contribution < 1.29 is 24.1 Å². The first-order valence-corrected chi connectivity index (χ1v) is 7.35. The number of hydrogen-bond acceptors (Lipinski definition) is 5. The highest BCUT2D eigenvalue weighted by molar-refractivity contribution is 5.67. The number of likely N-dealkylation sites (tertiary alicyclic amines) is 1. The van der Waals surface area contributed by atoms with Gasteiger partial charge < -0.3 is 24.2 Å². The van der Waals surface area contributed by atoms with Crippen LogP contribution in [0, 0.1) is 11.3 Å². The van der Waals surface area contributed by atoms with E-state index in [1.165, 1.54) is 7.11 Å². The number of nitrogens with zero attached hydrogens (tertiary/aromatic N) is 1. The Morgan fingerprint density at radius 1 is 1.40 bits per heavy atom. The number of rotatable bonds is 1. The monoisotopic (exact) mass is 285 g/mol. The molecule has 2 heterocycles. The molecule has 2 saturated heterocycles. The largest absolute Gasteiger partial charge is 0.453 e. The molecule has 2 atom stereocenters. The first-order valence-electron chi connectivity index (χ1n) is 7.35. The fourth-order valence-corrected chi connectivity index (χ4v) is 4.03. The highest BCUT2D eigenvalue weighted by Crippen LogP contribution is 2.51. The Hall–Kier alpha value is -0.850. The molecule has 0 radical (unpaired) electrons. The van der Waals surface area contributed by atoms with Crippen LogP contribution in [-0.4, -0.2) is 61.9 Å². The molecule has 0 aromatic carbocycles. The van der Waals surface area contributed by atoms with Crippen molar-refractivity contribution in [1.29, 1.82) is 0 Å². The van der Waals surface area contributed by atoms with Gasteiger partial charge in [-0.15, -0.1) is 0 Å². The summed E-state index contributed by atoms with van der Waals surface area (Å²) in [6, 6.07) is 0. The van der Waals surface area contributed by atoms with E-state index in [9.17, 15) is 9.90 Å². The molecule has 1 aliphatic carbocycles. The molecule has 3 fully saturated rings. The van der Waals surface area contributed by atoms with E-state index in [1.807, 2.05) is 0 Å². The summed E-state index contributed by atoms with van der Waals surface area (Å²) in [4.78, 5) is 13.4. The first-order chi connectivity index (χ1) is 9.63. The molecule has 1 spiro atoms. The number of fused-ring (bicyclic) bond motifs is 1. The average molecular weight is 285 g/mol. The lowest BCUT2D eigenvalue weighted by Gasteiger charge is -2.53. The van der Waals surface area contributed by atoms with Gasteiger partial charge in [-0.1, -0.05) is 0 Å². The predicted octanol–water partition coefficient (Wildman–Crippen LogP) is 0.980. The van der Waals surface area contributed by atoms with E-state index in [1.54, 1.807) is 4.90 Å². The zero-order valence-corrected chi connectivity index (χ0v) is 12.0. The third-order valence-corrected chi connectivity index (χ3v) is 5.24. The van der Waals surface area contributed by atoms with Crippen LogP contribution in [-0.2, 0) is 14.2 Å². The Bertz CT molecular complexity index is 382. The minimum atomic E-state index is -0.434. The van der Waals surface area contributed by atoms with Gasteiger partial charge in [-0.05, 0) is 18.8 Å². The zero-order valence-electron chi connectivity index (χ0n) is 12.0. The van der Waals surface area contributed by atoms with Gasteiger partial charge in [0.15, 0.2) is 5.79 Å². The molecular formula is C14H23NO5. The van der Waals surface area contributed by atoms with Gasteiger partial charge in [0.1, 0.15) is 0 Å². The van der Waals surface area contributed by atoms with Gasteiger partial charge in [0.05, 0.1) is 26.9 Å². The summed E-state index contributed by atoms with van der Waals surface area (Å²) in [5, 5.41) is 9.92. The summed E-state index contributed by atoms with van der Waals surface area (Å²) in [7, 11) is 1.40. The molecule has 1 N–H and O–H groups in total. The van der Waals surface area contributed by atoms with E-state index in [0.29, 0.717) is 32.2 Å². The lowest BCUT2D eigenvalue weighted by molar-refractivity contribution is -0.219. The Labute approximate surface area is 119 Å². The number of aliphatic hydroxyl groups excluding tert-OH is 1. The van der Waals surface area contributed by atoms with Crippen molar-refractivity contribution in [3.63, 3.8) is 0 Å². The minimum absolute atomic E-state index is 0.0985. The second-order valence-corrected chi connectivity index (χ2v) is 6.21. The van der Waals surface area contributed by atoms with Crippen molar-refractivity contribution in [1.82, 2.24) is 4.90 Å². The molecule has 6 heteroatoms. The van der Waals surface area contributed by atoms with Crippen LogP contribution in [0.3, 0.4) is 0 Å². The number of aliphatic hydroxyl groups is 1. The SMILES string of the molecule is COC(=O)N1CC[C@H]2CC3(CC[C@@]2(CO)C1)OCCO3. The predicted molar refractivity (Wildman–Crippen MR) is 70.1 cm³/mol. The molecule has 1 saturated carbocycles. The fraction of sp³-hybridized carbons (Fsp3) is 0.929.